The molecule has 2 atom stereocenters. The van der Waals surface area contributed by atoms with Gasteiger partial charge in [-0.25, -0.2) is 8.42 Å². The van der Waals surface area contributed by atoms with E-state index in [2.05, 4.69) is 14.9 Å². The predicted octanol–water partition coefficient (Wildman–Crippen LogP) is 5.32. The Morgan fingerprint density at radius 2 is 1.74 bits per heavy atom. The summed E-state index contributed by atoms with van der Waals surface area (Å²) in [6.45, 7) is 7.47. The molecule has 3 heterocycles. The van der Waals surface area contributed by atoms with Gasteiger partial charge in [-0.15, -0.1) is 21.5 Å². The Kier molecular flexibility index (Phi) is 6.62. The van der Waals surface area contributed by atoms with Crippen molar-refractivity contribution in [2.75, 3.05) is 4.72 Å². The highest BCUT2D eigenvalue weighted by Gasteiger charge is 2.36. The van der Waals surface area contributed by atoms with Crippen LogP contribution in [0.3, 0.4) is 0 Å². The Morgan fingerprint density at radius 3 is 2.37 bits per heavy atom. The van der Waals surface area contributed by atoms with Gasteiger partial charge in [0, 0.05) is 26.7 Å². The number of hydrogen-bond donors (Lipinski definition) is 2. The minimum Gasteiger partial charge on any atom is -0.481 e. The predicted molar refractivity (Wildman–Crippen MR) is 147 cm³/mol. The van der Waals surface area contributed by atoms with E-state index in [-0.39, 0.29) is 4.90 Å². The molecule has 196 valence electrons. The molecule has 2 N–H and O–H groups in total. The number of aliphatic carboxylic acids is 1. The lowest BCUT2D eigenvalue weighted by Crippen LogP contribution is -2.21. The molecule has 9 nitrogen and oxygen atoms in total. The molecule has 4 aromatic rings. The number of hydrogen-bond acceptors (Lipinski definition) is 7. The molecule has 0 spiro atoms. The second kappa shape index (κ2) is 9.64. The second-order valence-electron chi connectivity index (χ2n) is 9.09. The molecule has 5 rings (SSSR count). The van der Waals surface area contributed by atoms with E-state index in [1.54, 1.807) is 42.5 Å². The lowest BCUT2D eigenvalue weighted by Gasteiger charge is -2.16. The molecular formula is C26H24ClN5O4S2. The summed E-state index contributed by atoms with van der Waals surface area (Å²) >= 11 is 7.46. The van der Waals surface area contributed by atoms with Gasteiger partial charge in [0.15, 0.2) is 5.82 Å². The molecule has 38 heavy (non-hydrogen) atoms. The molecule has 1 aliphatic rings. The number of nitrogens with one attached hydrogen (secondary N) is 1. The topological polar surface area (TPSA) is 127 Å². The lowest BCUT2D eigenvalue weighted by atomic mass is 9.98. The molecule has 0 bridgehead atoms. The summed E-state index contributed by atoms with van der Waals surface area (Å²) in [5, 5.41) is 19.7. The Morgan fingerprint density at radius 1 is 1.08 bits per heavy atom. The molecule has 0 radical (unpaired) electrons. The third-order valence-corrected chi connectivity index (χ3v) is 9.43. The number of fused-ring (bicyclic) bond motifs is 3. The largest absolute Gasteiger partial charge is 0.481 e. The number of aryl methyl sites for hydroxylation is 2. The first-order chi connectivity index (χ1) is 18.0. The van der Waals surface area contributed by atoms with E-state index in [0.29, 0.717) is 28.1 Å². The molecular weight excluding hydrogens is 546 g/mol. The second-order valence-corrected chi connectivity index (χ2v) is 12.4. The SMILES string of the molecule is Cc1sc2c(c1C)C(c1ccc(NS(=O)(=O)c3ccc(Cl)cc3)cc1)=N[C@@H](C(C)C(=O)O)c1nnc(C)n1-2. The third-order valence-electron chi connectivity index (χ3n) is 6.59. The Labute approximate surface area is 228 Å². The molecule has 1 unspecified atom stereocenters. The maximum absolute atomic E-state index is 12.8. The number of anilines is 1. The zero-order valence-corrected chi connectivity index (χ0v) is 23.3. The minimum atomic E-state index is -3.81. The van der Waals surface area contributed by atoms with Gasteiger partial charge < -0.3 is 5.11 Å². The summed E-state index contributed by atoms with van der Waals surface area (Å²) in [4.78, 5) is 18.2. The van der Waals surface area contributed by atoms with Crippen LogP contribution in [0, 0.1) is 26.7 Å². The lowest BCUT2D eigenvalue weighted by molar-refractivity contribution is -0.141. The third kappa shape index (κ3) is 4.50. The van der Waals surface area contributed by atoms with Gasteiger partial charge in [-0.3, -0.25) is 19.1 Å². The van der Waals surface area contributed by atoms with E-state index >= 15 is 0 Å². The monoisotopic (exact) mass is 569 g/mol. The highest BCUT2D eigenvalue weighted by molar-refractivity contribution is 7.92. The van der Waals surface area contributed by atoms with Gasteiger partial charge in [0.2, 0.25) is 0 Å². The van der Waals surface area contributed by atoms with Gasteiger partial charge in [0.1, 0.15) is 16.9 Å². The van der Waals surface area contributed by atoms with Gasteiger partial charge in [-0.2, -0.15) is 0 Å². The number of aromatic nitrogens is 3. The van der Waals surface area contributed by atoms with E-state index in [9.17, 15) is 18.3 Å². The number of sulfonamides is 1. The van der Waals surface area contributed by atoms with Crippen LogP contribution in [0.5, 0.6) is 0 Å². The summed E-state index contributed by atoms with van der Waals surface area (Å²) in [7, 11) is -3.81. The maximum atomic E-state index is 12.8. The van der Waals surface area contributed by atoms with Crippen LogP contribution < -0.4 is 4.72 Å². The summed E-state index contributed by atoms with van der Waals surface area (Å²) in [5.41, 5.74) is 3.63. The standard InChI is InChI=1S/C26H24ClN5O4S2/c1-13-15(3)37-25-21(13)23(28-22(14(2)26(33)34)24-30-29-16(4)32(24)25)17-5-9-19(10-6-17)31-38(35,36)20-11-7-18(27)8-12-20/h5-12,14,22,31H,1-4H3,(H,33,34)/t14?,22-/m0/s1. The first-order valence-electron chi connectivity index (χ1n) is 11.7. The zero-order valence-electron chi connectivity index (χ0n) is 20.9. The van der Waals surface area contributed by atoms with E-state index in [1.165, 1.54) is 24.3 Å². The fourth-order valence-corrected chi connectivity index (χ4v) is 6.74. The Bertz CT molecular complexity index is 1690. The van der Waals surface area contributed by atoms with Gasteiger partial charge in [0.25, 0.3) is 10.0 Å². The number of aliphatic imine (C=N–C) groups is 1. The van der Waals surface area contributed by atoms with Crippen molar-refractivity contribution in [3.05, 3.63) is 86.8 Å². The number of thiophene rings is 1. The smallest absolute Gasteiger partial charge is 0.308 e. The molecule has 0 saturated carbocycles. The maximum Gasteiger partial charge on any atom is 0.308 e. The molecule has 12 heteroatoms. The summed E-state index contributed by atoms with van der Waals surface area (Å²) in [6, 6.07) is 12.0. The average molecular weight is 570 g/mol. The number of nitrogens with zero attached hydrogens (tertiary/aromatic N) is 4. The Balaban J connectivity index is 1.59. The summed E-state index contributed by atoms with van der Waals surface area (Å²) in [5.74, 6) is -0.723. The number of halogens is 1. The van der Waals surface area contributed by atoms with E-state index in [0.717, 1.165) is 26.6 Å². The molecule has 0 aliphatic carbocycles. The van der Waals surface area contributed by atoms with Crippen molar-refractivity contribution in [3.63, 3.8) is 0 Å². The first kappa shape index (κ1) is 26.1. The molecule has 1 aliphatic heterocycles. The molecule has 0 amide bonds. The fraction of sp³-hybridized carbons (Fsp3) is 0.231. The first-order valence-corrected chi connectivity index (χ1v) is 14.4. The van der Waals surface area contributed by atoms with Crippen molar-refractivity contribution in [2.24, 2.45) is 10.9 Å². The van der Waals surface area contributed by atoms with Crippen LogP contribution in [0.25, 0.3) is 5.00 Å². The van der Waals surface area contributed by atoms with Gasteiger partial charge >= 0.3 is 5.97 Å². The highest BCUT2D eigenvalue weighted by Crippen LogP contribution is 2.40. The number of carbonyl (C=O) groups is 1. The average Bonchev–Trinajstić information content (AvgIpc) is 3.34. The summed E-state index contributed by atoms with van der Waals surface area (Å²) in [6.07, 6.45) is 0. The Hall–Kier alpha value is -3.54. The van der Waals surface area contributed by atoms with Gasteiger partial charge in [-0.1, -0.05) is 23.7 Å². The van der Waals surface area contributed by atoms with Crippen LogP contribution in [0.15, 0.2) is 58.4 Å². The minimum absolute atomic E-state index is 0.0945. The number of benzene rings is 2. The van der Waals surface area contributed by atoms with E-state index < -0.39 is 28.0 Å². The quantitative estimate of drug-likeness (QED) is 0.323. The van der Waals surface area contributed by atoms with Crippen molar-refractivity contribution in [3.8, 4) is 5.00 Å². The van der Waals surface area contributed by atoms with Crippen LogP contribution >= 0.6 is 22.9 Å². The van der Waals surface area contributed by atoms with Crippen molar-refractivity contribution in [1.29, 1.82) is 0 Å². The van der Waals surface area contributed by atoms with Crippen LogP contribution in [0.4, 0.5) is 5.69 Å². The van der Waals surface area contributed by atoms with Gasteiger partial charge in [-0.05, 0) is 69.7 Å². The number of carboxylic acid groups (broad SMARTS) is 1. The number of carboxylic acids is 1. The normalized spacial score (nSPS) is 15.7. The van der Waals surface area contributed by atoms with E-state index in [1.807, 2.05) is 25.3 Å². The van der Waals surface area contributed by atoms with E-state index in [4.69, 9.17) is 16.6 Å². The number of rotatable bonds is 6. The highest BCUT2D eigenvalue weighted by atomic mass is 35.5. The van der Waals surface area contributed by atoms with Crippen LogP contribution in [0.1, 0.15) is 46.2 Å². The van der Waals surface area contributed by atoms with Crippen LogP contribution in [-0.4, -0.2) is 40.0 Å². The van der Waals surface area contributed by atoms with Crippen LogP contribution in [0.2, 0.25) is 5.02 Å². The molecule has 2 aromatic heterocycles. The molecule has 0 fully saturated rings. The zero-order chi connectivity index (χ0) is 27.4. The fourth-order valence-electron chi connectivity index (χ4n) is 4.34. The van der Waals surface area contributed by atoms with Crippen LogP contribution in [-0.2, 0) is 14.8 Å². The van der Waals surface area contributed by atoms with Crippen molar-refractivity contribution in [1.82, 2.24) is 14.8 Å². The van der Waals surface area contributed by atoms with Crippen molar-refractivity contribution >= 4 is 50.3 Å². The molecule has 2 aromatic carbocycles. The molecule has 0 saturated heterocycles. The summed E-state index contributed by atoms with van der Waals surface area (Å²) < 4.78 is 30.1. The van der Waals surface area contributed by atoms with Crippen molar-refractivity contribution in [2.45, 2.75) is 38.6 Å². The van der Waals surface area contributed by atoms with Gasteiger partial charge in [0.05, 0.1) is 16.5 Å². The van der Waals surface area contributed by atoms with Crippen molar-refractivity contribution < 1.29 is 18.3 Å².